The third-order valence-corrected chi connectivity index (χ3v) is 6.31. The van der Waals surface area contributed by atoms with Crippen molar-refractivity contribution < 1.29 is 13.2 Å². The van der Waals surface area contributed by atoms with Crippen molar-refractivity contribution in [2.75, 3.05) is 6.54 Å². The van der Waals surface area contributed by atoms with Crippen LogP contribution in [0.15, 0.2) is 4.90 Å². The van der Waals surface area contributed by atoms with Gasteiger partial charge in [-0.05, 0) is 33.6 Å². The van der Waals surface area contributed by atoms with Crippen molar-refractivity contribution in [3.05, 3.63) is 11.4 Å². The number of carbonyl (C=O) groups is 1. The zero-order valence-electron chi connectivity index (χ0n) is 13.1. The molecule has 1 aromatic rings. The van der Waals surface area contributed by atoms with Crippen molar-refractivity contribution in [3.8, 4) is 0 Å². The monoisotopic (exact) mass is 313 g/mol. The number of carbonyl (C=O) groups excluding carboxylic acids is 1. The number of aromatic nitrogens is 2. The Balaban J connectivity index is 2.43. The maximum Gasteiger partial charge on any atom is 0.247 e. The summed E-state index contributed by atoms with van der Waals surface area (Å²) in [5.41, 5.74) is 1.15. The highest BCUT2D eigenvalue weighted by Crippen LogP contribution is 2.30. The molecule has 1 aromatic heterocycles. The van der Waals surface area contributed by atoms with Crippen LogP contribution in [0.25, 0.3) is 0 Å². The summed E-state index contributed by atoms with van der Waals surface area (Å²) < 4.78 is 29.1. The molecule has 0 N–H and O–H groups in total. The van der Waals surface area contributed by atoms with Gasteiger partial charge in [-0.25, -0.2) is 8.42 Å². The molecule has 0 aromatic carbocycles. The van der Waals surface area contributed by atoms with E-state index in [0.717, 1.165) is 19.3 Å². The van der Waals surface area contributed by atoms with E-state index in [-0.39, 0.29) is 18.2 Å². The van der Waals surface area contributed by atoms with Gasteiger partial charge in [0.05, 0.1) is 11.4 Å². The van der Waals surface area contributed by atoms with Gasteiger partial charge in [0.2, 0.25) is 10.0 Å². The minimum Gasteiger partial charge on any atom is -0.300 e. The maximum absolute atomic E-state index is 13.0. The van der Waals surface area contributed by atoms with Crippen LogP contribution < -0.4 is 0 Å². The van der Waals surface area contributed by atoms with Gasteiger partial charge in [-0.15, -0.1) is 0 Å². The van der Waals surface area contributed by atoms with Gasteiger partial charge in [0.25, 0.3) is 0 Å². The van der Waals surface area contributed by atoms with Crippen molar-refractivity contribution in [1.29, 1.82) is 0 Å². The molecule has 1 fully saturated rings. The van der Waals surface area contributed by atoms with Crippen LogP contribution in [0.1, 0.15) is 44.0 Å². The Kier molecular flexibility index (Phi) is 4.53. The molecule has 0 radical (unpaired) electrons. The zero-order chi connectivity index (χ0) is 15.8. The normalized spacial score (nSPS) is 20.7. The smallest absolute Gasteiger partial charge is 0.247 e. The number of sulfonamides is 1. The minimum absolute atomic E-state index is 0.0294. The quantitative estimate of drug-likeness (QED) is 0.845. The molecule has 21 heavy (non-hydrogen) atoms. The van der Waals surface area contributed by atoms with Crippen LogP contribution >= 0.6 is 0 Å². The molecule has 1 aliphatic heterocycles. The average Bonchev–Trinajstić information content (AvgIpc) is 2.63. The fourth-order valence-electron chi connectivity index (χ4n) is 3.07. The van der Waals surface area contributed by atoms with Crippen LogP contribution in [0.3, 0.4) is 0 Å². The third-order valence-electron chi connectivity index (χ3n) is 4.11. The van der Waals surface area contributed by atoms with Crippen LogP contribution in [-0.4, -0.2) is 40.9 Å². The fourth-order valence-corrected chi connectivity index (χ4v) is 5.17. The summed E-state index contributed by atoms with van der Waals surface area (Å²) in [5.74, 6) is 0.0294. The topological polar surface area (TPSA) is 72.3 Å². The first-order valence-corrected chi connectivity index (χ1v) is 8.70. The van der Waals surface area contributed by atoms with Gasteiger partial charge in [-0.3, -0.25) is 9.48 Å². The van der Waals surface area contributed by atoms with Gasteiger partial charge in [0.15, 0.2) is 0 Å². The molecular formula is C14H23N3O3S. The lowest BCUT2D eigenvalue weighted by molar-refractivity contribution is -0.118. The van der Waals surface area contributed by atoms with Crippen LogP contribution in [0.5, 0.6) is 0 Å². The molecule has 1 unspecified atom stereocenters. The Bertz CT molecular complexity index is 649. The number of nitrogens with zero attached hydrogens (tertiary/aromatic N) is 3. The predicted octanol–water partition coefficient (Wildman–Crippen LogP) is 1.56. The first-order valence-electron chi connectivity index (χ1n) is 7.26. The summed E-state index contributed by atoms with van der Waals surface area (Å²) in [6.07, 6.45) is 2.84. The number of hydrogen-bond acceptors (Lipinski definition) is 4. The molecule has 2 rings (SSSR count). The molecule has 118 valence electrons. The summed E-state index contributed by atoms with van der Waals surface area (Å²) in [5, 5.41) is 4.20. The Morgan fingerprint density at radius 1 is 1.33 bits per heavy atom. The second-order valence-electron chi connectivity index (χ2n) is 5.80. The predicted molar refractivity (Wildman–Crippen MR) is 79.5 cm³/mol. The number of hydrogen-bond donors (Lipinski definition) is 0. The average molecular weight is 313 g/mol. The van der Waals surface area contributed by atoms with E-state index >= 15 is 0 Å². The highest BCUT2D eigenvalue weighted by atomic mass is 32.2. The first kappa shape index (κ1) is 16.2. The number of aryl methyl sites for hydroxylation is 2. The zero-order valence-corrected chi connectivity index (χ0v) is 13.9. The molecule has 0 saturated carbocycles. The van der Waals surface area contributed by atoms with Gasteiger partial charge >= 0.3 is 0 Å². The van der Waals surface area contributed by atoms with Crippen molar-refractivity contribution in [1.82, 2.24) is 14.1 Å². The lowest BCUT2D eigenvalue weighted by atomic mass is 10.0. The molecule has 0 bridgehead atoms. The number of piperidine rings is 1. The standard InChI is InChI=1S/C14H23N3O3S/c1-10(18)9-13-7-5-6-8-17(13)21(19,20)14-11(2)15-16(4)12(14)3/h13H,5-9H2,1-4H3. The SMILES string of the molecule is CC(=O)CC1CCCCN1S(=O)(=O)c1c(C)nn(C)c1C. The van der Waals surface area contributed by atoms with Crippen LogP contribution in [-0.2, 0) is 21.9 Å². The van der Waals surface area contributed by atoms with Gasteiger partial charge in [-0.1, -0.05) is 6.42 Å². The van der Waals surface area contributed by atoms with Crippen molar-refractivity contribution in [2.24, 2.45) is 7.05 Å². The Morgan fingerprint density at radius 3 is 2.52 bits per heavy atom. The second kappa shape index (κ2) is 5.88. The molecule has 1 atom stereocenters. The Labute approximate surface area is 126 Å². The fraction of sp³-hybridized carbons (Fsp3) is 0.714. The van der Waals surface area contributed by atoms with E-state index in [9.17, 15) is 13.2 Å². The van der Waals surface area contributed by atoms with Crippen molar-refractivity contribution >= 4 is 15.8 Å². The summed E-state index contributed by atoms with van der Waals surface area (Å²) in [7, 11) is -1.86. The second-order valence-corrected chi connectivity index (χ2v) is 7.62. The number of Topliss-reactive ketones (excluding diaryl/α,β-unsaturated/α-hetero) is 1. The summed E-state index contributed by atoms with van der Waals surface area (Å²) in [6, 6.07) is -0.222. The highest BCUT2D eigenvalue weighted by Gasteiger charge is 2.37. The minimum atomic E-state index is -3.60. The summed E-state index contributed by atoms with van der Waals surface area (Å²) in [4.78, 5) is 11.7. The molecule has 7 heteroatoms. The van der Waals surface area contributed by atoms with E-state index in [0.29, 0.717) is 22.8 Å². The molecule has 0 aliphatic carbocycles. The van der Waals surface area contributed by atoms with E-state index in [1.54, 1.807) is 25.6 Å². The Hall–Kier alpha value is -1.21. The molecule has 1 saturated heterocycles. The van der Waals surface area contributed by atoms with E-state index < -0.39 is 10.0 Å². The molecule has 2 heterocycles. The molecule has 0 spiro atoms. The van der Waals surface area contributed by atoms with Gasteiger partial charge in [-0.2, -0.15) is 9.40 Å². The summed E-state index contributed by atoms with van der Waals surface area (Å²) >= 11 is 0. The van der Waals surface area contributed by atoms with Gasteiger partial charge < -0.3 is 0 Å². The van der Waals surface area contributed by atoms with Crippen molar-refractivity contribution in [3.63, 3.8) is 0 Å². The van der Waals surface area contributed by atoms with Gasteiger partial charge in [0, 0.05) is 26.1 Å². The third kappa shape index (κ3) is 3.03. The molecule has 6 nitrogen and oxygen atoms in total. The highest BCUT2D eigenvalue weighted by molar-refractivity contribution is 7.89. The van der Waals surface area contributed by atoms with E-state index in [1.165, 1.54) is 11.2 Å². The summed E-state index contributed by atoms with van der Waals surface area (Å²) in [6.45, 7) is 5.47. The van der Waals surface area contributed by atoms with E-state index in [1.807, 2.05) is 0 Å². The van der Waals surface area contributed by atoms with Crippen LogP contribution in [0.2, 0.25) is 0 Å². The number of ketones is 1. The van der Waals surface area contributed by atoms with E-state index in [2.05, 4.69) is 5.10 Å². The van der Waals surface area contributed by atoms with Crippen LogP contribution in [0.4, 0.5) is 0 Å². The lowest BCUT2D eigenvalue weighted by Crippen LogP contribution is -2.44. The van der Waals surface area contributed by atoms with E-state index in [4.69, 9.17) is 0 Å². The van der Waals surface area contributed by atoms with Gasteiger partial charge in [0.1, 0.15) is 10.7 Å². The first-order chi connectivity index (χ1) is 9.75. The maximum atomic E-state index is 13.0. The Morgan fingerprint density at radius 2 is 2.00 bits per heavy atom. The molecule has 0 amide bonds. The van der Waals surface area contributed by atoms with Crippen molar-refractivity contribution in [2.45, 2.75) is 57.4 Å². The molecule has 1 aliphatic rings. The largest absolute Gasteiger partial charge is 0.300 e. The number of rotatable bonds is 4. The van der Waals surface area contributed by atoms with Crippen LogP contribution in [0, 0.1) is 13.8 Å². The molecular weight excluding hydrogens is 290 g/mol. The lowest BCUT2D eigenvalue weighted by Gasteiger charge is -2.34.